The summed E-state index contributed by atoms with van der Waals surface area (Å²) in [4.78, 5) is 0. The van der Waals surface area contributed by atoms with Gasteiger partial charge in [-0.15, -0.1) is 0 Å². The highest BCUT2D eigenvalue weighted by Crippen LogP contribution is 2.38. The molecule has 1 N–H and O–H groups in total. The van der Waals surface area contributed by atoms with E-state index in [0.29, 0.717) is 5.54 Å². The topological polar surface area (TPSA) is 17.0 Å². The van der Waals surface area contributed by atoms with E-state index in [4.69, 9.17) is 0 Å². The number of nitrogens with one attached hydrogen (secondary N) is 1. The lowest BCUT2D eigenvalue weighted by Gasteiger charge is -2.14. The zero-order chi connectivity index (χ0) is 11.2. The summed E-state index contributed by atoms with van der Waals surface area (Å²) in [6.07, 6.45) is 3.77. The standard InChI is InChI=1S/C14H18N2/c1-15-14(7-8-14)10-12-9-11-5-3-4-6-13(11)16(12)2/h3-6,9,15H,7-8,10H2,1-2H3. The summed E-state index contributed by atoms with van der Waals surface area (Å²) >= 11 is 0. The smallest absolute Gasteiger partial charge is 0.0479 e. The van der Waals surface area contributed by atoms with Crippen molar-refractivity contribution >= 4 is 10.9 Å². The summed E-state index contributed by atoms with van der Waals surface area (Å²) in [5, 5.41) is 4.81. The Morgan fingerprint density at radius 1 is 1.31 bits per heavy atom. The summed E-state index contributed by atoms with van der Waals surface area (Å²) < 4.78 is 2.33. The van der Waals surface area contributed by atoms with Gasteiger partial charge in [-0.25, -0.2) is 0 Å². The summed E-state index contributed by atoms with van der Waals surface area (Å²) in [6.45, 7) is 0. The van der Waals surface area contributed by atoms with E-state index in [1.807, 2.05) is 0 Å². The van der Waals surface area contributed by atoms with E-state index in [2.05, 4.69) is 54.3 Å². The highest BCUT2D eigenvalue weighted by atomic mass is 15.0. The van der Waals surface area contributed by atoms with Gasteiger partial charge in [0.05, 0.1) is 0 Å². The van der Waals surface area contributed by atoms with Gasteiger partial charge in [-0.05, 0) is 37.4 Å². The number of rotatable bonds is 3. The minimum Gasteiger partial charge on any atom is -0.348 e. The van der Waals surface area contributed by atoms with Gasteiger partial charge in [-0.1, -0.05) is 18.2 Å². The Balaban J connectivity index is 2.01. The molecule has 0 bridgehead atoms. The molecule has 84 valence electrons. The van der Waals surface area contributed by atoms with E-state index in [1.165, 1.54) is 29.4 Å². The first-order chi connectivity index (χ1) is 7.74. The summed E-state index contributed by atoms with van der Waals surface area (Å²) in [7, 11) is 4.25. The number of benzene rings is 1. The molecule has 1 fully saturated rings. The first-order valence-corrected chi connectivity index (χ1v) is 5.96. The minimum absolute atomic E-state index is 0.391. The zero-order valence-corrected chi connectivity index (χ0v) is 9.96. The third-order valence-corrected chi connectivity index (χ3v) is 3.95. The SMILES string of the molecule is CNC1(Cc2cc3ccccc3n2C)CC1. The Hall–Kier alpha value is -1.28. The van der Waals surface area contributed by atoms with Crippen molar-refractivity contribution in [3.63, 3.8) is 0 Å². The first kappa shape index (κ1) is 9.91. The predicted molar refractivity (Wildman–Crippen MR) is 67.6 cm³/mol. The molecule has 2 heteroatoms. The van der Waals surface area contributed by atoms with Gasteiger partial charge in [-0.3, -0.25) is 0 Å². The molecule has 2 aromatic rings. The molecule has 0 atom stereocenters. The fourth-order valence-corrected chi connectivity index (χ4v) is 2.53. The van der Waals surface area contributed by atoms with Crippen molar-refractivity contribution in [2.24, 2.45) is 7.05 Å². The third-order valence-electron chi connectivity index (χ3n) is 3.95. The Bertz CT molecular complexity index is 521. The van der Waals surface area contributed by atoms with Crippen LogP contribution < -0.4 is 5.32 Å². The number of para-hydroxylation sites is 1. The molecule has 1 aliphatic carbocycles. The molecule has 0 aliphatic heterocycles. The molecular weight excluding hydrogens is 196 g/mol. The van der Waals surface area contributed by atoms with Crippen LogP contribution in [-0.4, -0.2) is 17.2 Å². The third kappa shape index (κ3) is 1.45. The molecule has 16 heavy (non-hydrogen) atoms. The van der Waals surface area contributed by atoms with E-state index in [1.54, 1.807) is 0 Å². The van der Waals surface area contributed by atoms with Crippen LogP contribution in [0.3, 0.4) is 0 Å². The molecule has 0 spiro atoms. The van der Waals surface area contributed by atoms with Gasteiger partial charge in [0.1, 0.15) is 0 Å². The quantitative estimate of drug-likeness (QED) is 0.830. The molecule has 2 nitrogen and oxygen atoms in total. The largest absolute Gasteiger partial charge is 0.348 e. The van der Waals surface area contributed by atoms with Gasteiger partial charge in [0.25, 0.3) is 0 Å². The molecule has 0 amide bonds. The molecular formula is C14H18N2. The van der Waals surface area contributed by atoms with Gasteiger partial charge >= 0.3 is 0 Å². The van der Waals surface area contributed by atoms with Crippen molar-refractivity contribution in [2.45, 2.75) is 24.8 Å². The number of likely N-dealkylation sites (N-methyl/N-ethyl adjacent to an activating group) is 1. The van der Waals surface area contributed by atoms with Crippen molar-refractivity contribution in [3.05, 3.63) is 36.0 Å². The second-order valence-corrected chi connectivity index (χ2v) is 4.96. The van der Waals surface area contributed by atoms with E-state index in [9.17, 15) is 0 Å². The summed E-state index contributed by atoms with van der Waals surface area (Å²) in [6, 6.07) is 10.9. The minimum atomic E-state index is 0.391. The maximum absolute atomic E-state index is 3.46. The summed E-state index contributed by atoms with van der Waals surface area (Å²) in [5.74, 6) is 0. The van der Waals surface area contributed by atoms with Crippen molar-refractivity contribution in [3.8, 4) is 0 Å². The number of hydrogen-bond donors (Lipinski definition) is 1. The van der Waals surface area contributed by atoms with Crippen LogP contribution in [0.15, 0.2) is 30.3 Å². The van der Waals surface area contributed by atoms with Gasteiger partial charge in [0.15, 0.2) is 0 Å². The normalized spacial score (nSPS) is 17.9. The Labute approximate surface area is 96.3 Å². The second kappa shape index (κ2) is 3.36. The molecule has 3 rings (SSSR count). The molecule has 0 radical (unpaired) electrons. The number of fused-ring (bicyclic) bond motifs is 1. The second-order valence-electron chi connectivity index (χ2n) is 4.96. The summed E-state index contributed by atoms with van der Waals surface area (Å²) in [5.41, 5.74) is 3.17. The lowest BCUT2D eigenvalue weighted by molar-refractivity contribution is 0.534. The molecule has 0 unspecified atom stereocenters. The fraction of sp³-hybridized carbons (Fsp3) is 0.429. The highest BCUT2D eigenvalue weighted by Gasteiger charge is 2.41. The van der Waals surface area contributed by atoms with Gasteiger partial charge < -0.3 is 9.88 Å². The number of aromatic nitrogens is 1. The molecule has 0 saturated heterocycles. The van der Waals surface area contributed by atoms with Crippen molar-refractivity contribution in [1.82, 2.24) is 9.88 Å². The number of hydrogen-bond acceptors (Lipinski definition) is 1. The maximum Gasteiger partial charge on any atom is 0.0479 e. The van der Waals surface area contributed by atoms with Crippen LogP contribution in [0.5, 0.6) is 0 Å². The Kier molecular flexibility index (Phi) is 2.08. The van der Waals surface area contributed by atoms with E-state index in [0.717, 1.165) is 6.42 Å². The molecule has 1 heterocycles. The van der Waals surface area contributed by atoms with Crippen molar-refractivity contribution in [1.29, 1.82) is 0 Å². The lowest BCUT2D eigenvalue weighted by Crippen LogP contribution is -2.30. The first-order valence-electron chi connectivity index (χ1n) is 5.96. The highest BCUT2D eigenvalue weighted by molar-refractivity contribution is 5.81. The molecule has 1 aromatic carbocycles. The zero-order valence-electron chi connectivity index (χ0n) is 9.96. The van der Waals surface area contributed by atoms with Crippen LogP contribution in [0.1, 0.15) is 18.5 Å². The maximum atomic E-state index is 3.46. The van der Waals surface area contributed by atoms with Crippen LogP contribution >= 0.6 is 0 Å². The van der Waals surface area contributed by atoms with Crippen LogP contribution in [0.4, 0.5) is 0 Å². The monoisotopic (exact) mass is 214 g/mol. The molecule has 1 aromatic heterocycles. The average Bonchev–Trinajstić information content (AvgIpc) is 3.02. The Morgan fingerprint density at radius 3 is 2.69 bits per heavy atom. The van der Waals surface area contributed by atoms with Crippen LogP contribution in [0.2, 0.25) is 0 Å². The van der Waals surface area contributed by atoms with E-state index < -0.39 is 0 Å². The van der Waals surface area contributed by atoms with Gasteiger partial charge in [0, 0.05) is 30.2 Å². The predicted octanol–water partition coefficient (Wildman–Crippen LogP) is 2.47. The van der Waals surface area contributed by atoms with Crippen LogP contribution in [0, 0.1) is 0 Å². The lowest BCUT2D eigenvalue weighted by atomic mass is 10.1. The van der Waals surface area contributed by atoms with E-state index in [-0.39, 0.29) is 0 Å². The van der Waals surface area contributed by atoms with Crippen LogP contribution in [-0.2, 0) is 13.5 Å². The van der Waals surface area contributed by atoms with Crippen molar-refractivity contribution < 1.29 is 0 Å². The number of nitrogens with zero attached hydrogens (tertiary/aromatic N) is 1. The Morgan fingerprint density at radius 2 is 2.06 bits per heavy atom. The molecule has 1 aliphatic rings. The van der Waals surface area contributed by atoms with Gasteiger partial charge in [-0.2, -0.15) is 0 Å². The molecule has 1 saturated carbocycles. The number of aryl methyl sites for hydroxylation is 1. The van der Waals surface area contributed by atoms with Gasteiger partial charge in [0.2, 0.25) is 0 Å². The van der Waals surface area contributed by atoms with Crippen molar-refractivity contribution in [2.75, 3.05) is 7.05 Å². The fourth-order valence-electron chi connectivity index (χ4n) is 2.53. The van der Waals surface area contributed by atoms with E-state index >= 15 is 0 Å². The average molecular weight is 214 g/mol. The van der Waals surface area contributed by atoms with Crippen LogP contribution in [0.25, 0.3) is 10.9 Å².